The van der Waals surface area contributed by atoms with E-state index in [1.165, 1.54) is 4.90 Å². The Bertz CT molecular complexity index is 603. The molecule has 4 aliphatic rings. The number of rotatable bonds is 3. The molecule has 8 nitrogen and oxygen atoms in total. The number of carbonyl (C=O) groups excluding carboxylic acids is 3. The number of hydrogen-bond donors (Lipinski definition) is 1. The molecule has 1 spiro atoms. The second-order valence-electron chi connectivity index (χ2n) is 8.51. The van der Waals surface area contributed by atoms with Gasteiger partial charge in [-0.1, -0.05) is 6.92 Å². The van der Waals surface area contributed by atoms with Crippen LogP contribution in [-0.2, 0) is 14.3 Å². The molecule has 0 aromatic heterocycles. The first kappa shape index (κ1) is 18.7. The Morgan fingerprint density at radius 1 is 1.15 bits per heavy atom. The summed E-state index contributed by atoms with van der Waals surface area (Å²) in [5.41, 5.74) is -0.679. The Hall–Kier alpha value is -1.67. The van der Waals surface area contributed by atoms with Crippen LogP contribution >= 0.6 is 0 Å². The SMILES string of the molecule is CC1CCC2(CC1)NC(=O)N(CN1CCN(C(=O)[C@@H]3CCCO3)CC1)C2=O. The lowest BCUT2D eigenvalue weighted by Gasteiger charge is -2.37. The average molecular weight is 378 g/mol. The number of urea groups is 1. The number of nitrogens with one attached hydrogen (secondary N) is 1. The lowest BCUT2D eigenvalue weighted by atomic mass is 9.77. The second kappa shape index (κ2) is 7.39. The molecule has 0 radical (unpaired) electrons. The third-order valence-corrected chi connectivity index (χ3v) is 6.60. The van der Waals surface area contributed by atoms with Crippen molar-refractivity contribution in [2.45, 2.75) is 57.1 Å². The van der Waals surface area contributed by atoms with Gasteiger partial charge in [0, 0.05) is 32.8 Å². The topological polar surface area (TPSA) is 82.2 Å². The molecule has 4 amide bonds. The maximum Gasteiger partial charge on any atom is 0.326 e. The molecule has 1 N–H and O–H groups in total. The van der Waals surface area contributed by atoms with Crippen molar-refractivity contribution in [2.75, 3.05) is 39.5 Å². The van der Waals surface area contributed by atoms with Gasteiger partial charge in [-0.25, -0.2) is 9.69 Å². The van der Waals surface area contributed by atoms with Crippen molar-refractivity contribution < 1.29 is 19.1 Å². The molecule has 0 unspecified atom stereocenters. The van der Waals surface area contributed by atoms with E-state index in [1.807, 2.05) is 4.90 Å². The van der Waals surface area contributed by atoms with Crippen LogP contribution in [0.3, 0.4) is 0 Å². The van der Waals surface area contributed by atoms with Gasteiger partial charge in [0.25, 0.3) is 11.8 Å². The van der Waals surface area contributed by atoms with Crippen molar-refractivity contribution in [3.05, 3.63) is 0 Å². The van der Waals surface area contributed by atoms with Gasteiger partial charge in [-0.15, -0.1) is 0 Å². The number of carbonyl (C=O) groups is 3. The fraction of sp³-hybridized carbons (Fsp3) is 0.842. The standard InChI is InChI=1S/C19H30N4O4/c1-14-4-6-19(7-5-14)17(25)23(18(26)20-19)13-21-8-10-22(11-9-21)16(24)15-3-2-12-27-15/h14-15H,2-13H2,1H3,(H,20,26)/t14?,15-,19?/m0/s1. The lowest BCUT2D eigenvalue weighted by molar-refractivity contribution is -0.143. The molecule has 0 aromatic carbocycles. The molecule has 1 aliphatic carbocycles. The minimum Gasteiger partial charge on any atom is -0.368 e. The van der Waals surface area contributed by atoms with Crippen molar-refractivity contribution in [2.24, 2.45) is 5.92 Å². The summed E-state index contributed by atoms with van der Waals surface area (Å²) in [5, 5.41) is 2.97. The fourth-order valence-electron chi connectivity index (χ4n) is 4.68. The molecule has 8 heteroatoms. The quantitative estimate of drug-likeness (QED) is 0.734. The smallest absolute Gasteiger partial charge is 0.326 e. The van der Waals surface area contributed by atoms with Gasteiger partial charge in [-0.2, -0.15) is 0 Å². The summed E-state index contributed by atoms with van der Waals surface area (Å²) < 4.78 is 5.49. The van der Waals surface area contributed by atoms with Crippen LogP contribution in [0.4, 0.5) is 4.79 Å². The minimum absolute atomic E-state index is 0.0720. The fourth-order valence-corrected chi connectivity index (χ4v) is 4.68. The molecule has 4 fully saturated rings. The highest BCUT2D eigenvalue weighted by Crippen LogP contribution is 2.36. The van der Waals surface area contributed by atoms with Gasteiger partial charge in [0.05, 0.1) is 6.67 Å². The van der Waals surface area contributed by atoms with Crippen LogP contribution in [0.2, 0.25) is 0 Å². The van der Waals surface area contributed by atoms with Gasteiger partial charge >= 0.3 is 6.03 Å². The van der Waals surface area contributed by atoms with Crippen molar-refractivity contribution in [1.29, 1.82) is 0 Å². The molecular formula is C19H30N4O4. The predicted molar refractivity (Wildman–Crippen MR) is 97.7 cm³/mol. The minimum atomic E-state index is -0.679. The molecule has 3 saturated heterocycles. The summed E-state index contributed by atoms with van der Waals surface area (Å²) in [4.78, 5) is 43.1. The zero-order valence-electron chi connectivity index (χ0n) is 16.1. The van der Waals surface area contributed by atoms with Gasteiger partial charge in [0.1, 0.15) is 11.6 Å². The third-order valence-electron chi connectivity index (χ3n) is 6.60. The first-order valence-electron chi connectivity index (χ1n) is 10.3. The van der Waals surface area contributed by atoms with E-state index in [9.17, 15) is 14.4 Å². The van der Waals surface area contributed by atoms with E-state index >= 15 is 0 Å². The van der Waals surface area contributed by atoms with E-state index in [4.69, 9.17) is 4.74 Å². The number of hydrogen-bond acceptors (Lipinski definition) is 5. The van der Waals surface area contributed by atoms with E-state index in [2.05, 4.69) is 17.1 Å². The summed E-state index contributed by atoms with van der Waals surface area (Å²) in [7, 11) is 0. The van der Waals surface area contributed by atoms with Gasteiger partial charge in [0.2, 0.25) is 0 Å². The van der Waals surface area contributed by atoms with Crippen molar-refractivity contribution in [3.63, 3.8) is 0 Å². The molecule has 3 heterocycles. The van der Waals surface area contributed by atoms with Crippen LogP contribution < -0.4 is 5.32 Å². The molecule has 4 rings (SSSR count). The Labute approximate surface area is 160 Å². The Morgan fingerprint density at radius 3 is 2.48 bits per heavy atom. The number of ether oxygens (including phenoxy) is 1. The highest BCUT2D eigenvalue weighted by Gasteiger charge is 2.52. The lowest BCUT2D eigenvalue weighted by Crippen LogP contribution is -2.54. The maximum atomic E-state index is 13.0. The van der Waals surface area contributed by atoms with E-state index in [-0.39, 0.29) is 23.9 Å². The predicted octanol–water partition coefficient (Wildman–Crippen LogP) is 0.768. The van der Waals surface area contributed by atoms with Crippen LogP contribution in [0.1, 0.15) is 45.4 Å². The summed E-state index contributed by atoms with van der Waals surface area (Å²) in [6.07, 6.45) is 4.90. The monoisotopic (exact) mass is 378 g/mol. The van der Waals surface area contributed by atoms with Crippen LogP contribution in [0.15, 0.2) is 0 Å². The van der Waals surface area contributed by atoms with Gasteiger partial charge < -0.3 is 15.0 Å². The second-order valence-corrected chi connectivity index (χ2v) is 8.51. The van der Waals surface area contributed by atoms with E-state index in [0.29, 0.717) is 45.4 Å². The van der Waals surface area contributed by atoms with Gasteiger partial charge in [-0.05, 0) is 44.4 Å². The van der Waals surface area contributed by atoms with Crippen molar-refractivity contribution in [3.8, 4) is 0 Å². The average Bonchev–Trinajstić information content (AvgIpc) is 3.28. The summed E-state index contributed by atoms with van der Waals surface area (Å²) >= 11 is 0. The first-order valence-corrected chi connectivity index (χ1v) is 10.3. The highest BCUT2D eigenvalue weighted by atomic mass is 16.5. The summed E-state index contributed by atoms with van der Waals surface area (Å²) in [6.45, 7) is 5.74. The van der Waals surface area contributed by atoms with E-state index < -0.39 is 5.54 Å². The van der Waals surface area contributed by atoms with Crippen LogP contribution in [0.25, 0.3) is 0 Å². The largest absolute Gasteiger partial charge is 0.368 e. The Kier molecular flexibility index (Phi) is 5.11. The highest BCUT2D eigenvalue weighted by molar-refractivity contribution is 6.07. The summed E-state index contributed by atoms with van der Waals surface area (Å²) in [5.74, 6) is 0.624. The molecule has 0 bridgehead atoms. The van der Waals surface area contributed by atoms with Gasteiger partial charge in [0.15, 0.2) is 0 Å². The normalized spacial score (nSPS) is 35.1. The molecule has 0 aromatic rings. The van der Waals surface area contributed by atoms with Gasteiger partial charge in [-0.3, -0.25) is 14.5 Å². The summed E-state index contributed by atoms with van der Waals surface area (Å²) in [6, 6.07) is -0.271. The molecule has 1 saturated carbocycles. The first-order chi connectivity index (χ1) is 13.0. The Morgan fingerprint density at radius 2 is 1.85 bits per heavy atom. The number of imide groups is 1. The zero-order chi connectivity index (χ0) is 19.0. The maximum absolute atomic E-state index is 13.0. The molecule has 1 atom stereocenters. The van der Waals surface area contributed by atoms with Crippen molar-refractivity contribution in [1.82, 2.24) is 20.0 Å². The zero-order valence-corrected chi connectivity index (χ0v) is 16.1. The third kappa shape index (κ3) is 3.57. The van der Waals surface area contributed by atoms with Crippen LogP contribution in [0, 0.1) is 5.92 Å². The van der Waals surface area contributed by atoms with E-state index in [1.54, 1.807) is 0 Å². The molecule has 3 aliphatic heterocycles. The number of nitrogens with zero attached hydrogens (tertiary/aromatic N) is 3. The molecular weight excluding hydrogens is 348 g/mol. The van der Waals surface area contributed by atoms with Crippen LogP contribution in [-0.4, -0.2) is 83.6 Å². The number of piperazine rings is 1. The molecule has 150 valence electrons. The number of amides is 4. The molecule has 27 heavy (non-hydrogen) atoms. The Balaban J connectivity index is 1.30. The van der Waals surface area contributed by atoms with Crippen LogP contribution in [0.5, 0.6) is 0 Å². The van der Waals surface area contributed by atoms with Crippen molar-refractivity contribution >= 4 is 17.8 Å². The van der Waals surface area contributed by atoms with E-state index in [0.717, 1.165) is 38.5 Å².